The molecule has 0 atom stereocenters. The molecule has 0 unspecified atom stereocenters. The highest BCUT2D eigenvalue weighted by molar-refractivity contribution is 6.13. The normalized spacial score (nSPS) is 11.9. The third-order valence-electron chi connectivity index (χ3n) is 10.2. The first kappa shape index (κ1) is 50.9. The molecule has 0 aromatic heterocycles. The molecule has 0 saturated heterocycles. The summed E-state index contributed by atoms with van der Waals surface area (Å²) >= 11 is 0. The van der Waals surface area contributed by atoms with Crippen LogP contribution in [-0.4, -0.2) is 72.9 Å². The fourth-order valence-corrected chi connectivity index (χ4v) is 7.00. The maximum absolute atomic E-state index is 12.7. The summed E-state index contributed by atoms with van der Waals surface area (Å²) in [5, 5.41) is 19.6. The summed E-state index contributed by atoms with van der Waals surface area (Å²) in [6.07, 6.45) is 36.7. The Morgan fingerprint density at radius 3 is 1.35 bits per heavy atom. The van der Waals surface area contributed by atoms with Crippen LogP contribution in [0, 0.1) is 0 Å². The number of hydrogen-bond donors (Lipinski definition) is 2. The van der Waals surface area contributed by atoms with E-state index in [0.29, 0.717) is 26.0 Å². The molecule has 0 spiro atoms. The fourth-order valence-electron chi connectivity index (χ4n) is 7.00. The summed E-state index contributed by atoms with van der Waals surface area (Å²) < 4.78 is 11.4. The summed E-state index contributed by atoms with van der Waals surface area (Å²) in [5.74, 6) is -0.150. The van der Waals surface area contributed by atoms with Gasteiger partial charge in [-0.25, -0.2) is 0 Å². The van der Waals surface area contributed by atoms with Crippen LogP contribution in [0.5, 0.6) is 0 Å². The lowest BCUT2D eigenvalue weighted by Gasteiger charge is -2.28. The standard InChI is InChI=1S/C44H86BNO6/c1-4-7-10-13-16-17-18-24-32-39-51-42(47)35-29-25-31-38-46(40-44(45,49)50)37-30-23-19-22-28-36-43(48)52-41(33-26-20-14-11-8-5-2)34-27-21-15-12-9-6-3/h41,49-50H,4-40H2,1-3H3. The summed E-state index contributed by atoms with van der Waals surface area (Å²) in [4.78, 5) is 26.8. The molecule has 0 fully saturated rings. The summed E-state index contributed by atoms with van der Waals surface area (Å²) in [7, 11) is 5.52. The Balaban J connectivity index is 4.15. The van der Waals surface area contributed by atoms with Crippen LogP contribution in [0.15, 0.2) is 0 Å². The van der Waals surface area contributed by atoms with Gasteiger partial charge in [-0.1, -0.05) is 162 Å². The second kappa shape index (κ2) is 38.2. The Bertz CT molecular complexity index is 760. The number of esters is 2. The zero-order valence-electron chi connectivity index (χ0n) is 34.8. The Labute approximate surface area is 323 Å². The van der Waals surface area contributed by atoms with E-state index < -0.39 is 5.69 Å². The van der Waals surface area contributed by atoms with Gasteiger partial charge >= 0.3 is 11.9 Å². The van der Waals surface area contributed by atoms with Gasteiger partial charge in [-0.3, -0.25) is 14.5 Å². The van der Waals surface area contributed by atoms with Gasteiger partial charge in [-0.15, -0.1) is 0 Å². The van der Waals surface area contributed by atoms with Crippen molar-refractivity contribution in [3.63, 3.8) is 0 Å². The third-order valence-corrected chi connectivity index (χ3v) is 10.2. The molecule has 2 radical (unpaired) electrons. The quantitative estimate of drug-likeness (QED) is 0.0279. The monoisotopic (exact) mass is 736 g/mol. The van der Waals surface area contributed by atoms with Crippen molar-refractivity contribution in [1.82, 2.24) is 4.90 Å². The van der Waals surface area contributed by atoms with Gasteiger partial charge < -0.3 is 19.7 Å². The first-order valence-electron chi connectivity index (χ1n) is 22.5. The largest absolute Gasteiger partial charge is 0.466 e. The lowest BCUT2D eigenvalue weighted by Crippen LogP contribution is -2.44. The molecule has 2 N–H and O–H groups in total. The SMILES string of the molecule is [B]C(O)(O)CN(CCCCCCCC(=O)OC(CCCCCCCC)CCCCCCCC)CCCCCC(=O)OCCCCCCCCCCC. The first-order chi connectivity index (χ1) is 25.2. The Kier molecular flexibility index (Phi) is 37.4. The van der Waals surface area contributed by atoms with Crippen molar-refractivity contribution in [2.45, 2.75) is 244 Å². The minimum Gasteiger partial charge on any atom is -0.466 e. The van der Waals surface area contributed by atoms with Crippen LogP contribution >= 0.6 is 0 Å². The molecule has 0 rings (SSSR count). The molecule has 8 heteroatoms. The van der Waals surface area contributed by atoms with Gasteiger partial charge in [0.1, 0.15) is 11.8 Å². The highest BCUT2D eigenvalue weighted by atomic mass is 16.5. The van der Waals surface area contributed by atoms with E-state index in [0.717, 1.165) is 96.4 Å². The van der Waals surface area contributed by atoms with Crippen molar-refractivity contribution < 1.29 is 29.3 Å². The van der Waals surface area contributed by atoms with Crippen LogP contribution in [0.25, 0.3) is 0 Å². The van der Waals surface area contributed by atoms with E-state index in [9.17, 15) is 19.8 Å². The van der Waals surface area contributed by atoms with Crippen molar-refractivity contribution in [1.29, 1.82) is 0 Å². The van der Waals surface area contributed by atoms with Crippen LogP contribution in [0.2, 0.25) is 0 Å². The van der Waals surface area contributed by atoms with Crippen molar-refractivity contribution in [3.8, 4) is 0 Å². The van der Waals surface area contributed by atoms with Gasteiger partial charge in [-0.2, -0.15) is 0 Å². The number of hydrogen-bond acceptors (Lipinski definition) is 7. The Morgan fingerprint density at radius 2 is 0.885 bits per heavy atom. The Morgan fingerprint density at radius 1 is 0.519 bits per heavy atom. The molecule has 7 nitrogen and oxygen atoms in total. The maximum Gasteiger partial charge on any atom is 0.306 e. The van der Waals surface area contributed by atoms with Gasteiger partial charge in [0.2, 0.25) is 0 Å². The predicted octanol–water partition coefficient (Wildman–Crippen LogP) is 11.5. The van der Waals surface area contributed by atoms with Crippen molar-refractivity contribution in [2.75, 3.05) is 26.2 Å². The predicted molar refractivity (Wildman–Crippen MR) is 220 cm³/mol. The topological polar surface area (TPSA) is 96.3 Å². The number of ether oxygens (including phenoxy) is 2. The van der Waals surface area contributed by atoms with E-state index >= 15 is 0 Å². The van der Waals surface area contributed by atoms with E-state index in [1.165, 1.54) is 109 Å². The molecular weight excluding hydrogens is 649 g/mol. The van der Waals surface area contributed by atoms with E-state index in [4.69, 9.17) is 17.3 Å². The number of unbranched alkanes of at least 4 members (excludes halogenated alkanes) is 24. The smallest absolute Gasteiger partial charge is 0.306 e. The summed E-state index contributed by atoms with van der Waals surface area (Å²) in [5.41, 5.74) is -2.22. The molecule has 0 aliphatic carbocycles. The van der Waals surface area contributed by atoms with Gasteiger partial charge in [0.15, 0.2) is 7.85 Å². The molecule has 0 heterocycles. The second-order valence-electron chi connectivity index (χ2n) is 15.8. The molecule has 306 valence electrons. The molecule has 0 amide bonds. The molecular formula is C44H86BNO6. The average molecular weight is 736 g/mol. The van der Waals surface area contributed by atoms with Crippen LogP contribution < -0.4 is 0 Å². The van der Waals surface area contributed by atoms with Crippen LogP contribution in [-0.2, 0) is 19.1 Å². The minimum atomic E-state index is -2.22. The molecule has 52 heavy (non-hydrogen) atoms. The number of aliphatic hydroxyl groups is 2. The molecule has 0 aromatic rings. The van der Waals surface area contributed by atoms with Crippen molar-refractivity contribution in [3.05, 3.63) is 0 Å². The molecule has 0 bridgehead atoms. The van der Waals surface area contributed by atoms with Gasteiger partial charge in [0.25, 0.3) is 0 Å². The number of nitrogens with zero attached hydrogens (tertiary/aromatic N) is 1. The van der Waals surface area contributed by atoms with E-state index in [-0.39, 0.29) is 24.6 Å². The number of carbonyl (C=O) groups is 2. The highest BCUT2D eigenvalue weighted by Crippen LogP contribution is 2.19. The minimum absolute atomic E-state index is 0.00172. The fraction of sp³-hybridized carbons (Fsp3) is 0.955. The molecule has 0 aromatic carbocycles. The second-order valence-corrected chi connectivity index (χ2v) is 15.8. The van der Waals surface area contributed by atoms with Crippen molar-refractivity contribution in [2.24, 2.45) is 0 Å². The van der Waals surface area contributed by atoms with Crippen LogP contribution in [0.4, 0.5) is 0 Å². The van der Waals surface area contributed by atoms with Crippen LogP contribution in [0.3, 0.4) is 0 Å². The van der Waals surface area contributed by atoms with Crippen LogP contribution in [0.1, 0.15) is 233 Å². The molecule has 0 aliphatic rings. The lowest BCUT2D eigenvalue weighted by molar-refractivity contribution is -0.150. The first-order valence-corrected chi connectivity index (χ1v) is 22.5. The van der Waals surface area contributed by atoms with E-state index in [2.05, 4.69) is 20.8 Å². The number of carbonyl (C=O) groups excluding carboxylic acids is 2. The van der Waals surface area contributed by atoms with Gasteiger partial charge in [0.05, 0.1) is 6.61 Å². The van der Waals surface area contributed by atoms with E-state index in [1.807, 2.05) is 4.90 Å². The van der Waals surface area contributed by atoms with Gasteiger partial charge in [0, 0.05) is 19.4 Å². The molecule has 0 aliphatic heterocycles. The summed E-state index contributed by atoms with van der Waals surface area (Å²) in [6.45, 7) is 8.71. The average Bonchev–Trinajstić information content (AvgIpc) is 3.10. The highest BCUT2D eigenvalue weighted by Gasteiger charge is 2.19. The summed E-state index contributed by atoms with van der Waals surface area (Å²) in [6, 6.07) is 0. The number of rotatable bonds is 41. The zero-order valence-corrected chi connectivity index (χ0v) is 34.8. The van der Waals surface area contributed by atoms with Crippen molar-refractivity contribution >= 4 is 19.8 Å². The third kappa shape index (κ3) is 38.6. The molecule has 0 saturated carbocycles. The lowest BCUT2D eigenvalue weighted by atomic mass is 9.94. The Hall–Kier alpha value is -1.12. The zero-order chi connectivity index (χ0) is 38.4. The maximum atomic E-state index is 12.7. The van der Waals surface area contributed by atoms with E-state index in [1.54, 1.807) is 0 Å². The van der Waals surface area contributed by atoms with Gasteiger partial charge in [-0.05, 0) is 70.9 Å².